The zero-order valence-electron chi connectivity index (χ0n) is 14.1. The molecule has 4 N–H and O–H groups in total. The summed E-state index contributed by atoms with van der Waals surface area (Å²) in [6.45, 7) is 4.76. The molecule has 2 aromatic rings. The molecule has 24 heavy (non-hydrogen) atoms. The number of nitrogens with two attached hydrogens (primary N) is 2. The van der Waals surface area contributed by atoms with Gasteiger partial charge in [0.05, 0.1) is 26.0 Å². The average molecular weight is 330 g/mol. The number of benzene rings is 2. The van der Waals surface area contributed by atoms with Gasteiger partial charge in [0, 0.05) is 23.9 Å². The summed E-state index contributed by atoms with van der Waals surface area (Å²) < 4.78 is 16.3. The maximum atomic E-state index is 5.97. The standard InChI is InChI=1S/C17H22N4O3/c1-4-23-15-10-14(17(24-5-2)9-12(15)19)21-20-13-7-6-11(18)8-16(13)22-3/h6-10H,4-5,18-19H2,1-3H3/b21-20+. The zero-order valence-corrected chi connectivity index (χ0v) is 14.1. The molecule has 0 aromatic heterocycles. The normalized spacial score (nSPS) is 10.8. The fourth-order valence-electron chi connectivity index (χ4n) is 2.08. The van der Waals surface area contributed by atoms with Crippen molar-refractivity contribution in [3.63, 3.8) is 0 Å². The van der Waals surface area contributed by atoms with Crippen molar-refractivity contribution in [1.82, 2.24) is 0 Å². The molecule has 0 unspecified atom stereocenters. The Morgan fingerprint density at radius 3 is 2.17 bits per heavy atom. The predicted octanol–water partition coefficient (Wildman–Crippen LogP) is 4.07. The lowest BCUT2D eigenvalue weighted by atomic mass is 10.2. The van der Waals surface area contributed by atoms with E-state index in [1.54, 1.807) is 37.4 Å². The van der Waals surface area contributed by atoms with E-state index >= 15 is 0 Å². The van der Waals surface area contributed by atoms with Crippen LogP contribution in [0.1, 0.15) is 13.8 Å². The van der Waals surface area contributed by atoms with Gasteiger partial charge in [0.1, 0.15) is 28.6 Å². The van der Waals surface area contributed by atoms with E-state index in [1.807, 2.05) is 13.8 Å². The zero-order chi connectivity index (χ0) is 17.5. The summed E-state index contributed by atoms with van der Waals surface area (Å²) in [5.74, 6) is 1.62. The predicted molar refractivity (Wildman–Crippen MR) is 94.8 cm³/mol. The molecule has 0 atom stereocenters. The molecule has 7 heteroatoms. The molecule has 0 amide bonds. The van der Waals surface area contributed by atoms with Crippen LogP contribution in [0.15, 0.2) is 40.6 Å². The summed E-state index contributed by atoms with van der Waals surface area (Å²) in [5, 5.41) is 8.49. The van der Waals surface area contributed by atoms with Crippen LogP contribution in [0.5, 0.6) is 17.2 Å². The third kappa shape index (κ3) is 4.07. The van der Waals surface area contributed by atoms with E-state index in [2.05, 4.69) is 10.2 Å². The third-order valence-electron chi connectivity index (χ3n) is 3.16. The quantitative estimate of drug-likeness (QED) is 0.588. The summed E-state index contributed by atoms with van der Waals surface area (Å²) in [6, 6.07) is 8.54. The van der Waals surface area contributed by atoms with Crippen LogP contribution in [0, 0.1) is 0 Å². The Kier molecular flexibility index (Phi) is 5.83. The van der Waals surface area contributed by atoms with Gasteiger partial charge in [-0.15, -0.1) is 10.2 Å². The third-order valence-corrected chi connectivity index (χ3v) is 3.16. The Bertz CT molecular complexity index is 732. The first kappa shape index (κ1) is 17.4. The number of nitrogen functional groups attached to an aromatic ring is 2. The van der Waals surface area contributed by atoms with Gasteiger partial charge in [0.25, 0.3) is 0 Å². The molecular formula is C17H22N4O3. The summed E-state index contributed by atoms with van der Waals surface area (Å²) in [7, 11) is 1.55. The van der Waals surface area contributed by atoms with Crippen molar-refractivity contribution in [3.8, 4) is 17.2 Å². The number of hydrogen-bond acceptors (Lipinski definition) is 7. The number of methoxy groups -OCH3 is 1. The van der Waals surface area contributed by atoms with Crippen LogP contribution in [0.2, 0.25) is 0 Å². The second kappa shape index (κ2) is 8.05. The maximum absolute atomic E-state index is 5.97. The molecule has 0 aliphatic carbocycles. The highest BCUT2D eigenvalue weighted by Crippen LogP contribution is 2.39. The molecule has 0 heterocycles. The molecule has 7 nitrogen and oxygen atoms in total. The van der Waals surface area contributed by atoms with E-state index in [0.717, 1.165) is 0 Å². The SMILES string of the molecule is CCOc1cc(/N=N/c2ccc(N)cc2OC)c(OCC)cc1N. The molecule has 0 spiro atoms. The van der Waals surface area contributed by atoms with Gasteiger partial charge in [0.2, 0.25) is 0 Å². The van der Waals surface area contributed by atoms with Gasteiger partial charge in [0.15, 0.2) is 0 Å². The Morgan fingerprint density at radius 2 is 1.50 bits per heavy atom. The number of hydrogen-bond donors (Lipinski definition) is 2. The van der Waals surface area contributed by atoms with Gasteiger partial charge in [-0.05, 0) is 26.0 Å². The van der Waals surface area contributed by atoms with E-state index in [-0.39, 0.29) is 0 Å². The van der Waals surface area contributed by atoms with Gasteiger partial charge in [-0.2, -0.15) is 0 Å². The van der Waals surface area contributed by atoms with Gasteiger partial charge in [-0.3, -0.25) is 0 Å². The van der Waals surface area contributed by atoms with Crippen molar-refractivity contribution >= 4 is 22.7 Å². The largest absolute Gasteiger partial charge is 0.494 e. The molecule has 128 valence electrons. The lowest BCUT2D eigenvalue weighted by Gasteiger charge is -2.12. The Balaban J connectivity index is 2.41. The summed E-state index contributed by atoms with van der Waals surface area (Å²) >= 11 is 0. The minimum Gasteiger partial charge on any atom is -0.494 e. The minimum absolute atomic E-state index is 0.487. The van der Waals surface area contributed by atoms with E-state index in [0.29, 0.717) is 53.2 Å². The van der Waals surface area contributed by atoms with Crippen LogP contribution < -0.4 is 25.7 Å². The Hall–Kier alpha value is -2.96. The molecular weight excluding hydrogens is 308 g/mol. The number of anilines is 2. The van der Waals surface area contributed by atoms with Crippen LogP contribution in [0.3, 0.4) is 0 Å². The van der Waals surface area contributed by atoms with Crippen molar-refractivity contribution in [1.29, 1.82) is 0 Å². The van der Waals surface area contributed by atoms with Crippen molar-refractivity contribution in [2.24, 2.45) is 10.2 Å². The van der Waals surface area contributed by atoms with Crippen LogP contribution in [-0.4, -0.2) is 20.3 Å². The highest BCUT2D eigenvalue weighted by atomic mass is 16.5. The fourth-order valence-corrected chi connectivity index (χ4v) is 2.08. The first-order chi connectivity index (χ1) is 11.6. The van der Waals surface area contributed by atoms with Crippen LogP contribution >= 0.6 is 0 Å². The Morgan fingerprint density at radius 1 is 0.833 bits per heavy atom. The van der Waals surface area contributed by atoms with Crippen molar-refractivity contribution < 1.29 is 14.2 Å². The molecule has 0 aliphatic heterocycles. The van der Waals surface area contributed by atoms with Gasteiger partial charge in [-0.1, -0.05) is 0 Å². The summed E-state index contributed by atoms with van der Waals surface area (Å²) in [6.07, 6.45) is 0. The highest BCUT2D eigenvalue weighted by Gasteiger charge is 2.10. The first-order valence-corrected chi connectivity index (χ1v) is 7.63. The molecule has 0 fully saturated rings. The smallest absolute Gasteiger partial charge is 0.149 e. The van der Waals surface area contributed by atoms with Crippen molar-refractivity contribution in [2.45, 2.75) is 13.8 Å². The maximum Gasteiger partial charge on any atom is 0.149 e. The summed E-state index contributed by atoms with van der Waals surface area (Å²) in [5.41, 5.74) is 13.9. The van der Waals surface area contributed by atoms with E-state index in [1.165, 1.54) is 0 Å². The van der Waals surface area contributed by atoms with Gasteiger partial charge < -0.3 is 25.7 Å². The monoisotopic (exact) mass is 330 g/mol. The number of nitrogens with zero attached hydrogens (tertiary/aromatic N) is 2. The van der Waals surface area contributed by atoms with Crippen LogP contribution in [0.4, 0.5) is 22.7 Å². The van der Waals surface area contributed by atoms with E-state index < -0.39 is 0 Å². The molecule has 2 aromatic carbocycles. The number of ether oxygens (including phenoxy) is 3. The number of rotatable bonds is 7. The van der Waals surface area contributed by atoms with Gasteiger partial charge >= 0.3 is 0 Å². The Labute approximate surface area is 141 Å². The first-order valence-electron chi connectivity index (χ1n) is 7.63. The molecule has 0 saturated heterocycles. The lowest BCUT2D eigenvalue weighted by molar-refractivity contribution is 0.333. The van der Waals surface area contributed by atoms with Crippen molar-refractivity contribution in [2.75, 3.05) is 31.8 Å². The summed E-state index contributed by atoms with van der Waals surface area (Å²) in [4.78, 5) is 0. The second-order valence-electron chi connectivity index (χ2n) is 4.86. The van der Waals surface area contributed by atoms with Crippen molar-refractivity contribution in [3.05, 3.63) is 30.3 Å². The minimum atomic E-state index is 0.487. The highest BCUT2D eigenvalue weighted by molar-refractivity contribution is 5.67. The lowest BCUT2D eigenvalue weighted by Crippen LogP contribution is -1.99. The van der Waals surface area contributed by atoms with Crippen LogP contribution in [0.25, 0.3) is 0 Å². The number of azo groups is 1. The second-order valence-corrected chi connectivity index (χ2v) is 4.86. The molecule has 2 rings (SSSR count). The van der Waals surface area contributed by atoms with Gasteiger partial charge in [-0.25, -0.2) is 0 Å². The average Bonchev–Trinajstić information content (AvgIpc) is 2.57. The molecule has 0 radical (unpaired) electrons. The molecule has 0 saturated carbocycles. The fraction of sp³-hybridized carbons (Fsp3) is 0.294. The van der Waals surface area contributed by atoms with E-state index in [9.17, 15) is 0 Å². The molecule has 0 bridgehead atoms. The molecule has 0 aliphatic rings. The topological polar surface area (TPSA) is 104 Å². The van der Waals surface area contributed by atoms with E-state index in [4.69, 9.17) is 25.7 Å². The van der Waals surface area contributed by atoms with Crippen LogP contribution in [-0.2, 0) is 0 Å².